The molecule has 35 heavy (non-hydrogen) atoms. The quantitative estimate of drug-likeness (QED) is 0.299. The van der Waals surface area contributed by atoms with E-state index in [0.717, 1.165) is 23.8 Å². The summed E-state index contributed by atoms with van der Waals surface area (Å²) in [7, 11) is 1.70. The molecule has 2 heterocycles. The molecule has 2 unspecified atom stereocenters. The minimum atomic E-state index is -0.663. The Bertz CT molecular complexity index is 1150. The van der Waals surface area contributed by atoms with E-state index in [9.17, 15) is 13.6 Å². The van der Waals surface area contributed by atoms with Crippen LogP contribution >= 0.6 is 0 Å². The first-order chi connectivity index (χ1) is 16.4. The highest BCUT2D eigenvalue weighted by molar-refractivity contribution is 5.94. The van der Waals surface area contributed by atoms with Crippen LogP contribution in [0.5, 0.6) is 0 Å². The molecule has 0 bridgehead atoms. The summed E-state index contributed by atoms with van der Waals surface area (Å²) < 4.78 is 29.8. The van der Waals surface area contributed by atoms with Crippen molar-refractivity contribution in [2.24, 2.45) is 10.8 Å². The lowest BCUT2D eigenvalue weighted by molar-refractivity contribution is 0.182. The van der Waals surface area contributed by atoms with E-state index in [1.54, 1.807) is 21.9 Å². The number of carbonyl (C=O) groups excluding carboxylic acids is 1. The number of likely N-dealkylation sites (N-methyl/N-ethyl adjacent to an activating group) is 1. The topological polar surface area (TPSA) is 109 Å². The SMILES string of the molecule is C.CC(C(CN(C)/N=C\N)c1ccc(F)cc1F)N1CCN(c2ccc(-n3cnnn3)cc2)C1=O. The molecule has 1 aromatic heterocycles. The largest absolute Gasteiger partial charge is 0.388 e. The maximum absolute atomic E-state index is 14.7. The van der Waals surface area contributed by atoms with Gasteiger partial charge in [-0.2, -0.15) is 5.10 Å². The summed E-state index contributed by atoms with van der Waals surface area (Å²) >= 11 is 0. The Labute approximate surface area is 202 Å². The van der Waals surface area contributed by atoms with Crippen LogP contribution in [0.1, 0.15) is 25.8 Å². The van der Waals surface area contributed by atoms with Gasteiger partial charge < -0.3 is 10.6 Å². The highest BCUT2D eigenvalue weighted by atomic mass is 19.1. The van der Waals surface area contributed by atoms with Crippen LogP contribution in [0.3, 0.4) is 0 Å². The van der Waals surface area contributed by atoms with Crippen molar-refractivity contribution >= 4 is 18.1 Å². The summed E-state index contributed by atoms with van der Waals surface area (Å²) in [4.78, 5) is 16.7. The van der Waals surface area contributed by atoms with Crippen molar-refractivity contribution in [2.45, 2.75) is 26.3 Å². The summed E-state index contributed by atoms with van der Waals surface area (Å²) in [5.41, 5.74) is 7.20. The number of hydrazone groups is 1. The third kappa shape index (κ3) is 5.36. The Morgan fingerprint density at radius 3 is 2.51 bits per heavy atom. The second-order valence-electron chi connectivity index (χ2n) is 8.02. The maximum atomic E-state index is 14.7. The molecule has 186 valence electrons. The van der Waals surface area contributed by atoms with E-state index in [0.29, 0.717) is 18.7 Å². The molecule has 3 aromatic rings. The van der Waals surface area contributed by atoms with E-state index in [1.165, 1.54) is 23.1 Å². The van der Waals surface area contributed by atoms with Crippen LogP contribution in [-0.4, -0.2) is 75.2 Å². The first-order valence-electron chi connectivity index (χ1n) is 10.7. The minimum Gasteiger partial charge on any atom is -0.388 e. The Morgan fingerprint density at radius 1 is 1.17 bits per heavy atom. The molecule has 1 aliphatic heterocycles. The van der Waals surface area contributed by atoms with Gasteiger partial charge in [-0.1, -0.05) is 13.5 Å². The average Bonchev–Trinajstić information content (AvgIpc) is 3.48. The second kappa shape index (κ2) is 10.9. The van der Waals surface area contributed by atoms with Gasteiger partial charge in [-0.25, -0.2) is 18.3 Å². The van der Waals surface area contributed by atoms with Gasteiger partial charge in [-0.05, 0) is 53.2 Å². The molecule has 0 radical (unpaired) electrons. The molecule has 2 atom stereocenters. The Morgan fingerprint density at radius 2 is 1.89 bits per heavy atom. The van der Waals surface area contributed by atoms with Crippen molar-refractivity contribution in [3.8, 4) is 5.69 Å². The van der Waals surface area contributed by atoms with E-state index in [2.05, 4.69) is 20.6 Å². The smallest absolute Gasteiger partial charge is 0.324 e. The summed E-state index contributed by atoms with van der Waals surface area (Å²) in [6.45, 7) is 3.07. The molecule has 12 heteroatoms. The van der Waals surface area contributed by atoms with Crippen LogP contribution in [0.4, 0.5) is 19.3 Å². The second-order valence-corrected chi connectivity index (χ2v) is 8.02. The third-order valence-electron chi connectivity index (χ3n) is 5.98. The number of rotatable bonds is 8. The van der Waals surface area contributed by atoms with Gasteiger partial charge in [-0.15, -0.1) is 5.10 Å². The Balaban J connectivity index is 0.00000342. The number of urea groups is 1. The fourth-order valence-electron chi connectivity index (χ4n) is 4.21. The first-order valence-corrected chi connectivity index (χ1v) is 10.7. The zero-order valence-corrected chi connectivity index (χ0v) is 18.8. The van der Waals surface area contributed by atoms with E-state index >= 15 is 0 Å². The van der Waals surface area contributed by atoms with E-state index in [4.69, 9.17) is 5.73 Å². The van der Waals surface area contributed by atoms with Crippen LogP contribution < -0.4 is 10.6 Å². The Hall–Kier alpha value is -4.09. The molecule has 1 fully saturated rings. The van der Waals surface area contributed by atoms with Crippen LogP contribution in [0.25, 0.3) is 5.69 Å². The molecule has 0 spiro atoms. The van der Waals surface area contributed by atoms with Crippen molar-refractivity contribution in [1.29, 1.82) is 0 Å². The van der Waals surface area contributed by atoms with Crippen molar-refractivity contribution in [3.05, 3.63) is 66.0 Å². The molecule has 2 N–H and O–H groups in total. The monoisotopic (exact) mass is 485 g/mol. The van der Waals surface area contributed by atoms with Crippen LogP contribution in [0, 0.1) is 11.6 Å². The van der Waals surface area contributed by atoms with Gasteiger partial charge in [0.25, 0.3) is 0 Å². The van der Waals surface area contributed by atoms with Gasteiger partial charge in [0.1, 0.15) is 24.3 Å². The van der Waals surface area contributed by atoms with Crippen molar-refractivity contribution in [2.75, 3.05) is 31.6 Å². The van der Waals surface area contributed by atoms with Gasteiger partial charge >= 0.3 is 6.03 Å². The number of aromatic nitrogens is 4. The summed E-state index contributed by atoms with van der Waals surface area (Å²) in [6, 6.07) is 10.2. The Kier molecular flexibility index (Phi) is 7.94. The lowest BCUT2D eigenvalue weighted by Crippen LogP contribution is -2.43. The van der Waals surface area contributed by atoms with Crippen molar-refractivity contribution in [1.82, 2.24) is 30.1 Å². The number of tetrazole rings is 1. The molecule has 1 aliphatic rings. The number of nitrogens with two attached hydrogens (primary N) is 1. The van der Waals surface area contributed by atoms with Gasteiger partial charge in [0, 0.05) is 50.4 Å². The predicted molar refractivity (Wildman–Crippen MR) is 129 cm³/mol. The number of hydrogen-bond donors (Lipinski definition) is 1. The number of carbonyl (C=O) groups is 1. The third-order valence-corrected chi connectivity index (χ3v) is 5.98. The van der Waals surface area contributed by atoms with E-state index in [-0.39, 0.29) is 20.0 Å². The molecule has 0 saturated carbocycles. The summed E-state index contributed by atoms with van der Waals surface area (Å²) in [5, 5.41) is 16.7. The van der Waals surface area contributed by atoms with Gasteiger partial charge in [0.2, 0.25) is 0 Å². The molecule has 2 aromatic carbocycles. The van der Waals surface area contributed by atoms with Crippen molar-refractivity contribution in [3.63, 3.8) is 0 Å². The number of halogens is 2. The fourth-order valence-corrected chi connectivity index (χ4v) is 4.21. The molecule has 2 amide bonds. The molecule has 10 nitrogen and oxygen atoms in total. The van der Waals surface area contributed by atoms with Gasteiger partial charge in [0.05, 0.1) is 5.69 Å². The number of amides is 2. The first kappa shape index (κ1) is 25.5. The fraction of sp³-hybridized carbons (Fsp3) is 0.348. The van der Waals surface area contributed by atoms with Gasteiger partial charge in [0.15, 0.2) is 0 Å². The van der Waals surface area contributed by atoms with E-state index < -0.39 is 23.6 Å². The lowest BCUT2D eigenvalue weighted by atomic mass is 9.90. The zero-order valence-electron chi connectivity index (χ0n) is 18.8. The number of benzene rings is 2. The van der Waals surface area contributed by atoms with Crippen molar-refractivity contribution < 1.29 is 13.6 Å². The normalized spacial score (nSPS) is 15.4. The molecule has 1 saturated heterocycles. The number of anilines is 1. The van der Waals surface area contributed by atoms with Crippen LogP contribution in [0.2, 0.25) is 0 Å². The highest BCUT2D eigenvalue weighted by Crippen LogP contribution is 2.31. The van der Waals surface area contributed by atoms with E-state index in [1.807, 2.05) is 31.2 Å². The maximum Gasteiger partial charge on any atom is 0.324 e. The standard InChI is InChI=1S/C22H25F2N9O.CH4/c1-15(20(12-30(2)27-13-25)19-8-3-16(23)11-21(19)24)31-9-10-32(22(31)34)17-4-6-18(7-5-17)33-14-26-28-29-33;/h3-8,11,13-15,20H,9-10,12H2,1-2H3,(H2,25,27);1H4. The summed E-state index contributed by atoms with van der Waals surface area (Å²) in [5.74, 6) is -1.79. The molecular formula is C23H29F2N9O. The molecule has 4 rings (SSSR count). The summed E-state index contributed by atoms with van der Waals surface area (Å²) in [6.07, 6.45) is 2.63. The van der Waals surface area contributed by atoms with Crippen LogP contribution in [0.15, 0.2) is 53.9 Å². The number of nitrogens with zero attached hydrogens (tertiary/aromatic N) is 8. The predicted octanol–water partition coefficient (Wildman–Crippen LogP) is 2.82. The van der Waals surface area contributed by atoms with Crippen LogP contribution in [-0.2, 0) is 0 Å². The number of hydrogen-bond acceptors (Lipinski definition) is 6. The highest BCUT2D eigenvalue weighted by Gasteiger charge is 2.37. The lowest BCUT2D eigenvalue weighted by Gasteiger charge is -2.34. The zero-order chi connectivity index (χ0) is 24.2. The van der Waals surface area contributed by atoms with Gasteiger partial charge in [-0.3, -0.25) is 9.91 Å². The minimum absolute atomic E-state index is 0. The average molecular weight is 486 g/mol. The molecular weight excluding hydrogens is 456 g/mol. The molecule has 0 aliphatic carbocycles.